The molecule has 136 valence electrons. The van der Waals surface area contributed by atoms with E-state index in [1.54, 1.807) is 24.3 Å². The van der Waals surface area contributed by atoms with E-state index >= 15 is 0 Å². The van der Waals surface area contributed by atoms with E-state index in [0.717, 1.165) is 10.8 Å². The quantitative estimate of drug-likeness (QED) is 0.454. The number of rotatable bonds is 3. The summed E-state index contributed by atoms with van der Waals surface area (Å²) in [7, 11) is 0. The van der Waals surface area contributed by atoms with Crippen molar-refractivity contribution in [1.82, 2.24) is 0 Å². The zero-order valence-electron chi connectivity index (χ0n) is 14.2. The fourth-order valence-electron chi connectivity index (χ4n) is 3.23. The summed E-state index contributed by atoms with van der Waals surface area (Å²) in [6, 6.07) is 18.4. The first kappa shape index (κ1) is 17.8. The molecule has 4 rings (SSSR count). The number of hydrogen-bond acceptors (Lipinski definition) is 3. The summed E-state index contributed by atoms with van der Waals surface area (Å²) >= 11 is 12.2. The number of benzene rings is 3. The second kappa shape index (κ2) is 7.22. The van der Waals surface area contributed by atoms with Crippen molar-refractivity contribution < 1.29 is 14.3 Å². The van der Waals surface area contributed by atoms with E-state index in [4.69, 9.17) is 27.9 Å². The van der Waals surface area contributed by atoms with Crippen molar-refractivity contribution in [3.8, 4) is 5.75 Å². The molecule has 0 spiro atoms. The maximum absolute atomic E-state index is 12.6. The maximum atomic E-state index is 12.6. The van der Waals surface area contributed by atoms with Crippen LogP contribution in [0.25, 0.3) is 10.8 Å². The third-order valence-electron chi connectivity index (χ3n) is 4.62. The summed E-state index contributed by atoms with van der Waals surface area (Å²) < 4.78 is 5.52. The molecule has 1 saturated heterocycles. The van der Waals surface area contributed by atoms with Gasteiger partial charge in [0.25, 0.3) is 0 Å². The molecule has 1 aliphatic rings. The van der Waals surface area contributed by atoms with Gasteiger partial charge in [-0.25, -0.2) is 0 Å². The van der Waals surface area contributed by atoms with Crippen molar-refractivity contribution in [2.45, 2.75) is 6.42 Å². The van der Waals surface area contributed by atoms with Gasteiger partial charge in [-0.3, -0.25) is 9.59 Å². The largest absolute Gasteiger partial charge is 0.426 e. The van der Waals surface area contributed by atoms with Gasteiger partial charge in [-0.05, 0) is 35.0 Å². The van der Waals surface area contributed by atoms with Crippen molar-refractivity contribution in [2.75, 3.05) is 11.4 Å². The van der Waals surface area contributed by atoms with E-state index in [9.17, 15) is 9.59 Å². The van der Waals surface area contributed by atoms with Crippen molar-refractivity contribution >= 4 is 51.5 Å². The van der Waals surface area contributed by atoms with Crippen LogP contribution < -0.4 is 9.64 Å². The van der Waals surface area contributed by atoms with Crippen LogP contribution in [0, 0.1) is 5.92 Å². The Morgan fingerprint density at radius 3 is 2.59 bits per heavy atom. The van der Waals surface area contributed by atoms with Gasteiger partial charge in [0.15, 0.2) is 0 Å². The molecule has 1 amide bonds. The van der Waals surface area contributed by atoms with Crippen LogP contribution >= 0.6 is 23.2 Å². The zero-order chi connectivity index (χ0) is 19.0. The molecular formula is C21H15Cl2NO3. The Morgan fingerprint density at radius 1 is 1.00 bits per heavy atom. The van der Waals surface area contributed by atoms with E-state index in [2.05, 4.69) is 0 Å². The number of halogens is 2. The highest BCUT2D eigenvalue weighted by Crippen LogP contribution is 2.36. The number of esters is 1. The lowest BCUT2D eigenvalue weighted by Gasteiger charge is -2.18. The van der Waals surface area contributed by atoms with E-state index < -0.39 is 11.9 Å². The maximum Gasteiger partial charge on any atom is 0.316 e. The Kier molecular flexibility index (Phi) is 4.77. The van der Waals surface area contributed by atoms with Crippen LogP contribution in [-0.2, 0) is 9.59 Å². The SMILES string of the molecule is O=C(Oc1ccc2ccccc2c1)[C@H]1CC(=O)N(c2cccc(Cl)c2Cl)C1. The number of fused-ring (bicyclic) bond motifs is 1. The van der Waals surface area contributed by atoms with E-state index in [-0.39, 0.29) is 18.9 Å². The lowest BCUT2D eigenvalue weighted by atomic mass is 10.1. The average molecular weight is 400 g/mol. The monoisotopic (exact) mass is 399 g/mol. The number of carbonyl (C=O) groups excluding carboxylic acids is 2. The fraction of sp³-hybridized carbons (Fsp3) is 0.143. The third kappa shape index (κ3) is 3.51. The van der Waals surface area contributed by atoms with Crippen molar-refractivity contribution in [2.24, 2.45) is 5.92 Å². The first-order valence-corrected chi connectivity index (χ1v) is 9.23. The molecular weight excluding hydrogens is 385 g/mol. The van der Waals surface area contributed by atoms with Crippen molar-refractivity contribution in [3.05, 3.63) is 70.7 Å². The van der Waals surface area contributed by atoms with Crippen molar-refractivity contribution in [1.29, 1.82) is 0 Å². The van der Waals surface area contributed by atoms with Crippen LogP contribution in [0.4, 0.5) is 5.69 Å². The minimum atomic E-state index is -0.556. The highest BCUT2D eigenvalue weighted by molar-refractivity contribution is 6.44. The third-order valence-corrected chi connectivity index (χ3v) is 5.43. The molecule has 1 fully saturated rings. The van der Waals surface area contributed by atoms with Gasteiger partial charge >= 0.3 is 5.97 Å². The van der Waals surface area contributed by atoms with Gasteiger partial charge in [0.1, 0.15) is 5.75 Å². The van der Waals surface area contributed by atoms with Crippen LogP contribution in [0.1, 0.15) is 6.42 Å². The van der Waals surface area contributed by atoms with Gasteiger partial charge in [0, 0.05) is 13.0 Å². The molecule has 1 atom stereocenters. The van der Waals surface area contributed by atoms with E-state index in [1.807, 2.05) is 36.4 Å². The van der Waals surface area contributed by atoms with Gasteiger partial charge in [-0.2, -0.15) is 0 Å². The summed E-state index contributed by atoms with van der Waals surface area (Å²) in [4.78, 5) is 26.4. The van der Waals surface area contributed by atoms with Crippen LogP contribution in [-0.4, -0.2) is 18.4 Å². The highest BCUT2D eigenvalue weighted by atomic mass is 35.5. The number of amides is 1. The Balaban J connectivity index is 1.51. The first-order valence-electron chi connectivity index (χ1n) is 8.48. The predicted octanol–water partition coefficient (Wildman–Crippen LogP) is 5.11. The lowest BCUT2D eigenvalue weighted by Crippen LogP contribution is -2.27. The Bertz CT molecular complexity index is 1050. The second-order valence-corrected chi connectivity index (χ2v) is 7.19. The second-order valence-electron chi connectivity index (χ2n) is 6.41. The summed E-state index contributed by atoms with van der Waals surface area (Å²) in [5, 5.41) is 2.72. The van der Waals surface area contributed by atoms with Crippen LogP contribution in [0.2, 0.25) is 10.0 Å². The summed E-state index contributed by atoms with van der Waals surface area (Å²) in [5.41, 5.74) is 0.509. The Morgan fingerprint density at radius 2 is 1.78 bits per heavy atom. The lowest BCUT2D eigenvalue weighted by molar-refractivity contribution is -0.139. The molecule has 6 heteroatoms. The first-order chi connectivity index (χ1) is 13.0. The molecule has 27 heavy (non-hydrogen) atoms. The number of anilines is 1. The zero-order valence-corrected chi connectivity index (χ0v) is 15.7. The van der Waals surface area contributed by atoms with Gasteiger partial charge in [-0.1, -0.05) is 59.6 Å². The van der Waals surface area contributed by atoms with Crippen LogP contribution in [0.15, 0.2) is 60.7 Å². The topological polar surface area (TPSA) is 46.6 Å². The van der Waals surface area contributed by atoms with E-state index in [0.29, 0.717) is 21.5 Å². The molecule has 0 bridgehead atoms. The molecule has 0 aliphatic carbocycles. The van der Waals surface area contributed by atoms with E-state index in [1.165, 1.54) is 4.90 Å². The average Bonchev–Trinajstić information content (AvgIpc) is 3.05. The highest BCUT2D eigenvalue weighted by Gasteiger charge is 2.37. The molecule has 0 radical (unpaired) electrons. The molecule has 0 aromatic heterocycles. The van der Waals surface area contributed by atoms with Gasteiger partial charge in [-0.15, -0.1) is 0 Å². The molecule has 0 unspecified atom stereocenters. The molecule has 0 N–H and O–H groups in total. The molecule has 3 aromatic carbocycles. The summed E-state index contributed by atoms with van der Waals surface area (Å²) in [5.74, 6) is -0.705. The summed E-state index contributed by atoms with van der Waals surface area (Å²) in [6.45, 7) is 0.214. The molecule has 4 nitrogen and oxygen atoms in total. The number of ether oxygens (including phenoxy) is 1. The minimum Gasteiger partial charge on any atom is -0.426 e. The summed E-state index contributed by atoms with van der Waals surface area (Å²) in [6.07, 6.45) is 0.0786. The molecule has 1 aliphatic heterocycles. The number of carbonyl (C=O) groups is 2. The van der Waals surface area contributed by atoms with Crippen LogP contribution in [0.3, 0.4) is 0 Å². The standard InChI is InChI=1S/C21H15Cl2NO3/c22-17-6-3-7-18(20(17)23)24-12-15(11-19(24)25)21(26)27-16-9-8-13-4-1-2-5-14(13)10-16/h1-10,15H,11-12H2/t15-/m0/s1. The number of hydrogen-bond donors (Lipinski definition) is 0. The van der Waals surface area contributed by atoms with Gasteiger partial charge < -0.3 is 9.64 Å². The molecule has 0 saturated carbocycles. The predicted molar refractivity (Wildman–Crippen MR) is 107 cm³/mol. The molecule has 3 aromatic rings. The van der Waals surface area contributed by atoms with Crippen molar-refractivity contribution in [3.63, 3.8) is 0 Å². The number of nitrogens with zero attached hydrogens (tertiary/aromatic N) is 1. The Hall–Kier alpha value is -2.56. The van der Waals surface area contributed by atoms with Gasteiger partial charge in [0.05, 0.1) is 21.7 Å². The molecule has 1 heterocycles. The fourth-order valence-corrected chi connectivity index (χ4v) is 3.63. The minimum absolute atomic E-state index is 0.0786. The van der Waals surface area contributed by atoms with Gasteiger partial charge in [0.2, 0.25) is 5.91 Å². The smallest absolute Gasteiger partial charge is 0.316 e. The van der Waals surface area contributed by atoms with Crippen LogP contribution in [0.5, 0.6) is 5.75 Å². The Labute approximate surface area is 166 Å². The normalized spacial score (nSPS) is 16.7.